The first-order valence-electron chi connectivity index (χ1n) is 13.7. The second kappa shape index (κ2) is 10.4. The SMILES string of the molecule is O[C@@H](COc1cccc2ncccc12)CN1CCN(C2c3ccccc3C(Cl)C(Cl)c3c2ccc2c3C2)CC1. The van der Waals surface area contributed by atoms with Gasteiger partial charge in [0.25, 0.3) is 0 Å². The molecule has 1 aliphatic heterocycles. The number of hydrogen-bond acceptors (Lipinski definition) is 5. The van der Waals surface area contributed by atoms with E-state index in [2.05, 4.69) is 51.2 Å². The van der Waals surface area contributed by atoms with Gasteiger partial charge in [-0.25, -0.2) is 0 Å². The van der Waals surface area contributed by atoms with Gasteiger partial charge in [0, 0.05) is 44.3 Å². The molecule has 0 radical (unpaired) electrons. The Labute approximate surface area is 238 Å². The van der Waals surface area contributed by atoms with Crippen molar-refractivity contribution in [3.63, 3.8) is 0 Å². The van der Waals surface area contributed by atoms with Crippen LogP contribution in [0.3, 0.4) is 0 Å². The highest BCUT2D eigenvalue weighted by atomic mass is 35.5. The maximum absolute atomic E-state index is 10.8. The van der Waals surface area contributed by atoms with Crippen LogP contribution in [0.4, 0.5) is 0 Å². The van der Waals surface area contributed by atoms with E-state index in [0.29, 0.717) is 6.54 Å². The second-order valence-electron chi connectivity index (χ2n) is 10.8. The van der Waals surface area contributed by atoms with Crippen LogP contribution in [-0.2, 0) is 6.42 Å². The largest absolute Gasteiger partial charge is 0.490 e. The lowest BCUT2D eigenvalue weighted by Crippen LogP contribution is -2.50. The van der Waals surface area contributed by atoms with Crippen LogP contribution >= 0.6 is 23.2 Å². The van der Waals surface area contributed by atoms with Crippen molar-refractivity contribution in [2.45, 2.75) is 29.3 Å². The van der Waals surface area contributed by atoms with E-state index in [4.69, 9.17) is 27.9 Å². The van der Waals surface area contributed by atoms with Gasteiger partial charge in [0.05, 0.1) is 22.3 Å². The number of aliphatic hydroxyl groups is 1. The zero-order valence-electron chi connectivity index (χ0n) is 21.6. The molecule has 0 amide bonds. The third-order valence-electron chi connectivity index (χ3n) is 8.42. The van der Waals surface area contributed by atoms with Gasteiger partial charge >= 0.3 is 0 Å². The summed E-state index contributed by atoms with van der Waals surface area (Å²) in [5.41, 5.74) is 8.61. The Morgan fingerprint density at radius 2 is 1.69 bits per heavy atom. The van der Waals surface area contributed by atoms with Crippen LogP contribution in [0.25, 0.3) is 10.9 Å². The van der Waals surface area contributed by atoms with Crippen LogP contribution in [-0.4, -0.2) is 65.3 Å². The number of halogens is 2. The summed E-state index contributed by atoms with van der Waals surface area (Å²) in [6, 6.07) is 22.9. The quantitative estimate of drug-likeness (QED) is 0.264. The van der Waals surface area contributed by atoms with Gasteiger partial charge in [-0.05, 0) is 64.1 Å². The number of nitrogens with zero attached hydrogens (tertiary/aromatic N) is 3. The summed E-state index contributed by atoms with van der Waals surface area (Å²) in [5.74, 6) is 0.755. The topological polar surface area (TPSA) is 48.8 Å². The fourth-order valence-corrected chi connectivity index (χ4v) is 7.13. The van der Waals surface area contributed by atoms with Crippen LogP contribution in [0.5, 0.6) is 5.75 Å². The normalized spacial score (nSPS) is 23.4. The fraction of sp³-hybridized carbons (Fsp3) is 0.344. The first kappa shape index (κ1) is 25.3. The lowest BCUT2D eigenvalue weighted by molar-refractivity contribution is 0.0403. The van der Waals surface area contributed by atoms with Crippen LogP contribution in [0.1, 0.15) is 50.2 Å². The fourth-order valence-electron chi connectivity index (χ4n) is 6.41. The lowest BCUT2D eigenvalue weighted by Gasteiger charge is -2.40. The second-order valence-corrected chi connectivity index (χ2v) is 11.8. The maximum Gasteiger partial charge on any atom is 0.128 e. The van der Waals surface area contributed by atoms with Crippen LogP contribution < -0.4 is 4.74 Å². The summed E-state index contributed by atoms with van der Waals surface area (Å²) in [6.07, 6.45) is 2.22. The summed E-state index contributed by atoms with van der Waals surface area (Å²) in [6.45, 7) is 4.38. The van der Waals surface area contributed by atoms with Crippen molar-refractivity contribution in [2.24, 2.45) is 0 Å². The number of alkyl halides is 2. The molecule has 3 aromatic carbocycles. The Morgan fingerprint density at radius 1 is 0.872 bits per heavy atom. The van der Waals surface area contributed by atoms with E-state index in [1.54, 1.807) is 6.20 Å². The lowest BCUT2D eigenvalue weighted by atomic mass is 9.92. The zero-order valence-corrected chi connectivity index (χ0v) is 23.2. The molecule has 1 aromatic heterocycles. The molecule has 0 bridgehead atoms. The average Bonchev–Trinajstić information content (AvgIpc) is 3.77. The highest BCUT2D eigenvalue weighted by Gasteiger charge is 2.40. The zero-order chi connectivity index (χ0) is 26.5. The van der Waals surface area contributed by atoms with Gasteiger partial charge in [0.15, 0.2) is 0 Å². The van der Waals surface area contributed by atoms with E-state index in [9.17, 15) is 5.11 Å². The highest BCUT2D eigenvalue weighted by molar-refractivity contribution is 6.30. The van der Waals surface area contributed by atoms with Crippen molar-refractivity contribution in [3.8, 4) is 5.75 Å². The first-order valence-corrected chi connectivity index (χ1v) is 14.6. The molecule has 1 N–H and O–H groups in total. The standard InChI is InChI=1S/C32H31Cl2N3O2/c33-30-22-5-1-2-6-23(22)32(25-11-10-20-17-26(20)29(25)31(30)34)37-15-13-36(14-16-37)18-21(38)19-39-28-9-3-8-27-24(28)7-4-12-35-27/h1-12,21,30-32,38H,13-19H2/t21-,30?,31?,32?/m1/s1. The molecular weight excluding hydrogens is 529 g/mol. The Balaban J connectivity index is 1.05. The molecule has 200 valence electrons. The van der Waals surface area contributed by atoms with Gasteiger partial charge in [-0.3, -0.25) is 14.8 Å². The minimum atomic E-state index is -0.577. The predicted molar refractivity (Wildman–Crippen MR) is 156 cm³/mol. The molecule has 3 aliphatic rings. The number of benzene rings is 3. The van der Waals surface area contributed by atoms with E-state index in [0.717, 1.165) is 54.8 Å². The van der Waals surface area contributed by atoms with E-state index in [1.165, 1.54) is 27.8 Å². The molecule has 4 atom stereocenters. The van der Waals surface area contributed by atoms with Gasteiger partial charge < -0.3 is 9.84 Å². The van der Waals surface area contributed by atoms with E-state index >= 15 is 0 Å². The molecule has 1 fully saturated rings. The minimum Gasteiger partial charge on any atom is -0.490 e. The van der Waals surface area contributed by atoms with Crippen molar-refractivity contribution in [3.05, 3.63) is 106 Å². The molecule has 1 saturated heterocycles. The third-order valence-corrected chi connectivity index (χ3v) is 9.51. The molecule has 3 unspecified atom stereocenters. The predicted octanol–water partition coefficient (Wildman–Crippen LogP) is 5.86. The monoisotopic (exact) mass is 559 g/mol. The van der Waals surface area contributed by atoms with Gasteiger partial charge in [-0.2, -0.15) is 0 Å². The summed E-state index contributed by atoms with van der Waals surface area (Å²) in [5, 5.41) is 11.3. The number of piperazine rings is 1. The number of ether oxygens (including phenoxy) is 1. The smallest absolute Gasteiger partial charge is 0.128 e. The van der Waals surface area contributed by atoms with Crippen molar-refractivity contribution in [2.75, 3.05) is 39.3 Å². The van der Waals surface area contributed by atoms with Crippen LogP contribution in [0, 0.1) is 0 Å². The van der Waals surface area contributed by atoms with Crippen LogP contribution in [0.2, 0.25) is 0 Å². The van der Waals surface area contributed by atoms with E-state index in [1.807, 2.05) is 30.3 Å². The van der Waals surface area contributed by atoms with E-state index < -0.39 is 6.10 Å². The van der Waals surface area contributed by atoms with Crippen LogP contribution in [0.15, 0.2) is 72.9 Å². The summed E-state index contributed by atoms with van der Waals surface area (Å²) < 4.78 is 6.02. The molecule has 0 spiro atoms. The van der Waals surface area contributed by atoms with Crippen molar-refractivity contribution < 1.29 is 9.84 Å². The molecule has 7 heteroatoms. The summed E-state index contributed by atoms with van der Waals surface area (Å²) in [7, 11) is 0. The Bertz CT molecular complexity index is 1520. The average molecular weight is 561 g/mol. The molecule has 0 saturated carbocycles. The molecule has 4 aromatic rings. The first-order chi connectivity index (χ1) is 19.1. The number of aromatic nitrogens is 1. The van der Waals surface area contributed by atoms with Gasteiger partial charge in [-0.15, -0.1) is 23.2 Å². The number of fused-ring (bicyclic) bond motifs is 5. The maximum atomic E-state index is 10.8. The Kier molecular flexibility index (Phi) is 6.74. The minimum absolute atomic E-state index is 0.127. The summed E-state index contributed by atoms with van der Waals surface area (Å²) in [4.78, 5) is 9.28. The Morgan fingerprint density at radius 3 is 2.54 bits per heavy atom. The number of hydrogen-bond donors (Lipinski definition) is 1. The molecular formula is C32H31Cl2N3O2. The van der Waals surface area contributed by atoms with Crippen molar-refractivity contribution in [1.82, 2.24) is 14.8 Å². The Hall–Kier alpha value is -2.67. The summed E-state index contributed by atoms with van der Waals surface area (Å²) >= 11 is 14.1. The number of β-amino-alcohol motifs (C(OH)–C–C–N with tert-alkyl or cyclic N) is 1. The van der Waals surface area contributed by atoms with Crippen molar-refractivity contribution in [1.29, 1.82) is 0 Å². The number of rotatable bonds is 6. The van der Waals surface area contributed by atoms with E-state index in [-0.39, 0.29) is 23.4 Å². The van der Waals surface area contributed by atoms with Crippen molar-refractivity contribution >= 4 is 34.1 Å². The molecule has 39 heavy (non-hydrogen) atoms. The third kappa shape index (κ3) is 4.71. The number of aliphatic hydroxyl groups excluding tert-OH is 1. The molecule has 5 nitrogen and oxygen atoms in total. The number of pyridine rings is 1. The molecule has 2 aliphatic carbocycles. The van der Waals surface area contributed by atoms with Gasteiger partial charge in [0.2, 0.25) is 0 Å². The molecule has 7 rings (SSSR count). The van der Waals surface area contributed by atoms with Gasteiger partial charge in [-0.1, -0.05) is 42.5 Å². The highest BCUT2D eigenvalue weighted by Crippen LogP contribution is 2.54. The molecule has 2 heterocycles. The van der Waals surface area contributed by atoms with Gasteiger partial charge in [0.1, 0.15) is 18.5 Å².